The summed E-state index contributed by atoms with van der Waals surface area (Å²) in [6.45, 7) is 7.22. The summed E-state index contributed by atoms with van der Waals surface area (Å²) >= 11 is 0. The fourth-order valence-corrected chi connectivity index (χ4v) is 3.83. The largest absolute Gasteiger partial charge is 0.485 e. The molecule has 2 amide bonds. The first-order valence-electron chi connectivity index (χ1n) is 11.5. The van der Waals surface area contributed by atoms with Gasteiger partial charge >= 0.3 is 6.09 Å². The van der Waals surface area contributed by atoms with Crippen LogP contribution in [-0.2, 0) is 16.0 Å². The number of hydrogen-bond acceptors (Lipinski definition) is 5. The quantitative estimate of drug-likeness (QED) is 0.359. The van der Waals surface area contributed by atoms with Gasteiger partial charge in [0.2, 0.25) is 0 Å². The smallest absolute Gasteiger partial charge is 0.408 e. The number of ether oxygens (including phenoxy) is 2. The molecule has 0 saturated heterocycles. The van der Waals surface area contributed by atoms with E-state index >= 15 is 0 Å². The van der Waals surface area contributed by atoms with Crippen LogP contribution in [-0.4, -0.2) is 40.9 Å². The van der Waals surface area contributed by atoms with Gasteiger partial charge in [-0.1, -0.05) is 36.4 Å². The Morgan fingerprint density at radius 3 is 2.71 bits per heavy atom. The lowest BCUT2D eigenvalue weighted by Gasteiger charge is -2.23. The van der Waals surface area contributed by atoms with Gasteiger partial charge in [0.25, 0.3) is 5.91 Å². The molecule has 1 aliphatic rings. The standard InChI is InChI=1S/C27H30N4O4/c1-17-19(13-18-9-5-8-12-24(18)34-17)16-29-31-25(32)23(30-26(33)35-27(2,3)4)14-20-15-28-22-11-7-6-10-21(20)22/h5-13,15-17,23,28H,14H2,1-4H3,(H,30,33)(H,31,32)/b29-16+/t17?,23-/m0/s1. The van der Waals surface area contributed by atoms with Crippen molar-refractivity contribution in [2.24, 2.45) is 5.10 Å². The van der Waals surface area contributed by atoms with E-state index in [0.717, 1.165) is 33.4 Å². The lowest BCUT2D eigenvalue weighted by Crippen LogP contribution is -2.48. The monoisotopic (exact) mass is 474 g/mol. The van der Waals surface area contributed by atoms with Crippen molar-refractivity contribution in [3.05, 3.63) is 71.4 Å². The van der Waals surface area contributed by atoms with Crippen LogP contribution in [0.25, 0.3) is 17.0 Å². The molecule has 3 aromatic rings. The van der Waals surface area contributed by atoms with Crippen molar-refractivity contribution in [1.29, 1.82) is 0 Å². The normalized spacial score (nSPS) is 16.2. The molecule has 8 heteroatoms. The Kier molecular flexibility index (Phi) is 6.91. The number of nitrogens with zero attached hydrogens (tertiary/aromatic N) is 1. The lowest BCUT2D eigenvalue weighted by atomic mass is 10.0. The number of alkyl carbamates (subject to hydrolysis) is 1. The summed E-state index contributed by atoms with van der Waals surface area (Å²) < 4.78 is 11.3. The Morgan fingerprint density at radius 1 is 1.17 bits per heavy atom. The zero-order valence-corrected chi connectivity index (χ0v) is 20.3. The van der Waals surface area contributed by atoms with Crippen molar-refractivity contribution < 1.29 is 19.1 Å². The van der Waals surface area contributed by atoms with Gasteiger partial charge in [0.05, 0.1) is 6.21 Å². The molecule has 182 valence electrons. The molecule has 8 nitrogen and oxygen atoms in total. The maximum atomic E-state index is 13.1. The number of aromatic nitrogens is 1. The summed E-state index contributed by atoms with van der Waals surface area (Å²) in [6, 6.07) is 14.6. The molecule has 2 aromatic carbocycles. The summed E-state index contributed by atoms with van der Waals surface area (Å²) in [6.07, 6.45) is 4.76. The van der Waals surface area contributed by atoms with Crippen LogP contribution in [0.15, 0.2) is 65.4 Å². The minimum Gasteiger partial charge on any atom is -0.485 e. The van der Waals surface area contributed by atoms with Crippen LogP contribution < -0.4 is 15.5 Å². The van der Waals surface area contributed by atoms with Gasteiger partial charge in [-0.05, 0) is 51.5 Å². The Balaban J connectivity index is 1.49. The third-order valence-corrected chi connectivity index (χ3v) is 5.51. The van der Waals surface area contributed by atoms with Crippen LogP contribution in [0.5, 0.6) is 5.75 Å². The van der Waals surface area contributed by atoms with Gasteiger partial charge in [-0.3, -0.25) is 4.79 Å². The van der Waals surface area contributed by atoms with E-state index in [4.69, 9.17) is 9.47 Å². The maximum absolute atomic E-state index is 13.1. The fraction of sp³-hybridized carbons (Fsp3) is 0.296. The third-order valence-electron chi connectivity index (χ3n) is 5.51. The zero-order valence-electron chi connectivity index (χ0n) is 20.3. The molecule has 35 heavy (non-hydrogen) atoms. The van der Waals surface area contributed by atoms with E-state index in [-0.39, 0.29) is 12.5 Å². The van der Waals surface area contributed by atoms with E-state index in [9.17, 15) is 9.59 Å². The first kappa shape index (κ1) is 24.1. The second-order valence-electron chi connectivity index (χ2n) is 9.44. The van der Waals surface area contributed by atoms with Gasteiger partial charge in [-0.2, -0.15) is 5.10 Å². The summed E-state index contributed by atoms with van der Waals surface area (Å²) in [7, 11) is 0. The number of benzene rings is 2. The number of rotatable bonds is 6. The third kappa shape index (κ3) is 6.09. The van der Waals surface area contributed by atoms with E-state index in [1.165, 1.54) is 0 Å². The fourth-order valence-electron chi connectivity index (χ4n) is 3.83. The van der Waals surface area contributed by atoms with Crippen LogP contribution in [0.1, 0.15) is 38.8 Å². The Morgan fingerprint density at radius 2 is 1.91 bits per heavy atom. The van der Waals surface area contributed by atoms with Crippen molar-refractivity contribution in [2.45, 2.75) is 51.9 Å². The summed E-state index contributed by atoms with van der Waals surface area (Å²) in [5, 5.41) is 7.81. The van der Waals surface area contributed by atoms with Crippen molar-refractivity contribution in [1.82, 2.24) is 15.7 Å². The number of hydrogen-bond donors (Lipinski definition) is 3. The molecule has 0 bridgehead atoms. The summed E-state index contributed by atoms with van der Waals surface area (Å²) in [5.41, 5.74) is 5.48. The van der Waals surface area contributed by atoms with Crippen LogP contribution in [0, 0.1) is 0 Å². The molecule has 0 radical (unpaired) electrons. The van der Waals surface area contributed by atoms with Gasteiger partial charge < -0.3 is 19.8 Å². The molecule has 0 spiro atoms. The van der Waals surface area contributed by atoms with Crippen LogP contribution in [0.2, 0.25) is 0 Å². The molecular weight excluding hydrogens is 444 g/mol. The van der Waals surface area contributed by atoms with Crippen molar-refractivity contribution in [3.63, 3.8) is 0 Å². The number of nitrogens with one attached hydrogen (secondary N) is 3. The van der Waals surface area contributed by atoms with Crippen molar-refractivity contribution in [3.8, 4) is 5.75 Å². The number of carbonyl (C=O) groups excluding carboxylic acids is 2. The molecule has 1 aliphatic heterocycles. The van der Waals surface area contributed by atoms with E-state index in [0.29, 0.717) is 0 Å². The molecular formula is C27H30N4O4. The topological polar surface area (TPSA) is 105 Å². The lowest BCUT2D eigenvalue weighted by molar-refractivity contribution is -0.123. The molecule has 2 heterocycles. The number of para-hydroxylation sites is 2. The van der Waals surface area contributed by atoms with Crippen molar-refractivity contribution >= 4 is 35.2 Å². The average molecular weight is 475 g/mol. The van der Waals surface area contributed by atoms with E-state index in [2.05, 4.69) is 20.8 Å². The Bertz CT molecular complexity index is 1290. The highest BCUT2D eigenvalue weighted by atomic mass is 16.6. The summed E-state index contributed by atoms with van der Waals surface area (Å²) in [5.74, 6) is 0.351. The van der Waals surface area contributed by atoms with E-state index in [1.54, 1.807) is 27.0 Å². The zero-order chi connectivity index (χ0) is 25.0. The van der Waals surface area contributed by atoms with Crippen LogP contribution in [0.4, 0.5) is 4.79 Å². The highest BCUT2D eigenvalue weighted by Crippen LogP contribution is 2.28. The predicted molar refractivity (Wildman–Crippen MR) is 136 cm³/mol. The molecule has 3 N–H and O–H groups in total. The van der Waals surface area contributed by atoms with Crippen molar-refractivity contribution in [2.75, 3.05) is 0 Å². The van der Waals surface area contributed by atoms with E-state index in [1.807, 2.05) is 67.7 Å². The van der Waals surface area contributed by atoms with E-state index < -0.39 is 23.6 Å². The molecule has 1 aromatic heterocycles. The minimum absolute atomic E-state index is 0.215. The van der Waals surface area contributed by atoms with Crippen LogP contribution >= 0.6 is 0 Å². The predicted octanol–water partition coefficient (Wildman–Crippen LogP) is 4.57. The molecule has 2 atom stereocenters. The van der Waals surface area contributed by atoms with Gasteiger partial charge in [-0.15, -0.1) is 0 Å². The van der Waals surface area contributed by atoms with Gasteiger partial charge in [0, 0.05) is 34.7 Å². The second-order valence-corrected chi connectivity index (χ2v) is 9.44. The van der Waals surface area contributed by atoms with Crippen LogP contribution in [0.3, 0.4) is 0 Å². The molecule has 1 unspecified atom stereocenters. The van der Waals surface area contributed by atoms with Gasteiger partial charge in [-0.25, -0.2) is 10.2 Å². The Hall–Kier alpha value is -4.07. The minimum atomic E-state index is -0.893. The average Bonchev–Trinajstić information content (AvgIpc) is 3.20. The number of fused-ring (bicyclic) bond motifs is 2. The van der Waals surface area contributed by atoms with Gasteiger partial charge in [0.1, 0.15) is 23.5 Å². The first-order chi connectivity index (χ1) is 16.7. The summed E-state index contributed by atoms with van der Waals surface area (Å²) in [4.78, 5) is 28.7. The molecule has 0 aliphatic carbocycles. The molecule has 0 saturated carbocycles. The molecule has 4 rings (SSSR count). The number of hydrazone groups is 1. The highest BCUT2D eigenvalue weighted by molar-refractivity contribution is 5.91. The molecule has 0 fully saturated rings. The number of amides is 2. The first-order valence-corrected chi connectivity index (χ1v) is 11.5. The Labute approximate surface area is 204 Å². The highest BCUT2D eigenvalue weighted by Gasteiger charge is 2.26. The second kappa shape index (κ2) is 10.0. The maximum Gasteiger partial charge on any atom is 0.408 e. The van der Waals surface area contributed by atoms with Gasteiger partial charge in [0.15, 0.2) is 0 Å². The number of carbonyl (C=O) groups is 2. The number of aromatic amines is 1. The number of H-pyrrole nitrogens is 1. The SMILES string of the molecule is CC1Oc2ccccc2C=C1/C=N/NC(=O)[C@H](Cc1c[nH]c2ccccc12)NC(=O)OC(C)(C)C.